The van der Waals surface area contributed by atoms with Crippen LogP contribution in [0, 0.1) is 0 Å². The predicted octanol–water partition coefficient (Wildman–Crippen LogP) is 2.11. The van der Waals surface area contributed by atoms with E-state index in [0.29, 0.717) is 24.0 Å². The smallest absolute Gasteiger partial charge is 0.233 e. The summed E-state index contributed by atoms with van der Waals surface area (Å²) in [5, 5.41) is 12.4. The Morgan fingerprint density at radius 1 is 1.00 bits per heavy atom. The van der Waals surface area contributed by atoms with Crippen molar-refractivity contribution in [3.05, 3.63) is 54.6 Å². The van der Waals surface area contributed by atoms with Gasteiger partial charge in [-0.05, 0) is 46.8 Å². The zero-order valence-corrected chi connectivity index (χ0v) is 17.0. The van der Waals surface area contributed by atoms with Gasteiger partial charge >= 0.3 is 0 Å². The number of aromatic nitrogens is 4. The molecular formula is C20H22N6O2S. The molecule has 2 heterocycles. The lowest BCUT2D eigenvalue weighted by Crippen LogP contribution is -2.49. The number of amides is 1. The summed E-state index contributed by atoms with van der Waals surface area (Å²) in [7, 11) is 1.66. The molecule has 1 aromatic heterocycles. The van der Waals surface area contributed by atoms with Crippen LogP contribution >= 0.6 is 11.8 Å². The van der Waals surface area contributed by atoms with Gasteiger partial charge in [0.05, 0.1) is 18.6 Å². The van der Waals surface area contributed by atoms with E-state index in [2.05, 4.69) is 32.6 Å². The average molecular weight is 411 g/mol. The lowest BCUT2D eigenvalue weighted by atomic mass is 10.2. The number of hydrogen-bond donors (Lipinski definition) is 0. The second-order valence-electron chi connectivity index (χ2n) is 6.56. The van der Waals surface area contributed by atoms with Crippen LogP contribution in [0.2, 0.25) is 0 Å². The van der Waals surface area contributed by atoms with Crippen molar-refractivity contribution in [3.8, 4) is 11.4 Å². The number of hydrogen-bond acceptors (Lipinski definition) is 7. The Bertz CT molecular complexity index is 939. The van der Waals surface area contributed by atoms with Crippen LogP contribution < -0.4 is 9.64 Å². The summed E-state index contributed by atoms with van der Waals surface area (Å²) < 4.78 is 6.86. The third kappa shape index (κ3) is 4.51. The van der Waals surface area contributed by atoms with Crippen molar-refractivity contribution in [2.24, 2.45) is 0 Å². The predicted molar refractivity (Wildman–Crippen MR) is 112 cm³/mol. The molecule has 9 heteroatoms. The molecule has 0 spiro atoms. The molecule has 0 unspecified atom stereocenters. The number of anilines is 1. The molecule has 29 heavy (non-hydrogen) atoms. The van der Waals surface area contributed by atoms with Crippen LogP contribution in [0.25, 0.3) is 5.69 Å². The van der Waals surface area contributed by atoms with Crippen molar-refractivity contribution in [2.45, 2.75) is 5.16 Å². The van der Waals surface area contributed by atoms with Gasteiger partial charge in [0, 0.05) is 31.9 Å². The van der Waals surface area contributed by atoms with E-state index >= 15 is 0 Å². The van der Waals surface area contributed by atoms with Crippen molar-refractivity contribution < 1.29 is 9.53 Å². The molecule has 3 aromatic rings. The first-order valence-electron chi connectivity index (χ1n) is 9.38. The number of methoxy groups -OCH3 is 1. The number of tetrazole rings is 1. The molecule has 0 bridgehead atoms. The number of carbonyl (C=O) groups is 1. The summed E-state index contributed by atoms with van der Waals surface area (Å²) >= 11 is 1.36. The quantitative estimate of drug-likeness (QED) is 0.576. The van der Waals surface area contributed by atoms with E-state index in [9.17, 15) is 4.79 Å². The lowest BCUT2D eigenvalue weighted by Gasteiger charge is -2.36. The van der Waals surface area contributed by atoms with Crippen LogP contribution in [-0.4, -0.2) is 70.1 Å². The summed E-state index contributed by atoms with van der Waals surface area (Å²) in [6, 6.07) is 17.7. The molecule has 0 atom stereocenters. The van der Waals surface area contributed by atoms with E-state index in [0.717, 1.165) is 30.2 Å². The summed E-state index contributed by atoms with van der Waals surface area (Å²) in [5.74, 6) is 1.26. The Kier molecular flexibility index (Phi) is 5.95. The second kappa shape index (κ2) is 8.95. The number of para-hydroxylation sites is 1. The van der Waals surface area contributed by atoms with E-state index in [1.54, 1.807) is 11.8 Å². The lowest BCUT2D eigenvalue weighted by molar-refractivity contribution is -0.128. The molecule has 1 aliphatic heterocycles. The Labute approximate surface area is 173 Å². The molecule has 2 aromatic carbocycles. The van der Waals surface area contributed by atoms with E-state index in [1.165, 1.54) is 11.8 Å². The molecule has 150 valence electrons. The van der Waals surface area contributed by atoms with E-state index in [-0.39, 0.29) is 5.91 Å². The molecular weight excluding hydrogens is 388 g/mol. The fourth-order valence-corrected chi connectivity index (χ4v) is 4.02. The average Bonchev–Trinajstić information content (AvgIpc) is 3.27. The maximum atomic E-state index is 12.7. The molecule has 0 saturated carbocycles. The van der Waals surface area contributed by atoms with E-state index in [1.807, 2.05) is 47.4 Å². The maximum Gasteiger partial charge on any atom is 0.233 e. The van der Waals surface area contributed by atoms with E-state index in [4.69, 9.17) is 4.74 Å². The second-order valence-corrected chi connectivity index (χ2v) is 7.51. The molecule has 1 amide bonds. The SMILES string of the molecule is COc1ccc(N2CCN(C(=O)CSc3nnnn3-c3ccccc3)CC2)cc1. The van der Waals surface area contributed by atoms with Gasteiger partial charge in [-0.1, -0.05) is 30.0 Å². The van der Waals surface area contributed by atoms with Crippen molar-refractivity contribution >= 4 is 23.4 Å². The van der Waals surface area contributed by atoms with E-state index < -0.39 is 0 Å². The molecule has 8 nitrogen and oxygen atoms in total. The molecule has 0 radical (unpaired) electrons. The highest BCUT2D eigenvalue weighted by Crippen LogP contribution is 2.22. The number of rotatable bonds is 6. The third-order valence-corrected chi connectivity index (χ3v) is 5.74. The zero-order chi connectivity index (χ0) is 20.1. The van der Waals surface area contributed by atoms with Crippen LogP contribution in [0.1, 0.15) is 0 Å². The van der Waals surface area contributed by atoms with Gasteiger partial charge in [-0.3, -0.25) is 4.79 Å². The highest BCUT2D eigenvalue weighted by Gasteiger charge is 2.22. The maximum absolute atomic E-state index is 12.7. The molecule has 1 aliphatic rings. The standard InChI is InChI=1S/C20H22N6O2S/c1-28-18-9-7-16(8-10-18)24-11-13-25(14-12-24)19(27)15-29-20-21-22-23-26(20)17-5-3-2-4-6-17/h2-10H,11-15H2,1H3. The number of benzene rings is 2. The number of nitrogens with zero attached hydrogens (tertiary/aromatic N) is 6. The van der Waals surface area contributed by atoms with Gasteiger partial charge in [-0.25, -0.2) is 0 Å². The molecule has 0 N–H and O–H groups in total. The summed E-state index contributed by atoms with van der Waals surface area (Å²) in [4.78, 5) is 16.9. The summed E-state index contributed by atoms with van der Waals surface area (Å²) in [6.45, 7) is 3.03. The monoisotopic (exact) mass is 410 g/mol. The number of carbonyl (C=O) groups excluding carboxylic acids is 1. The van der Waals surface area contributed by atoms with Crippen LogP contribution in [0.3, 0.4) is 0 Å². The van der Waals surface area contributed by atoms with Crippen molar-refractivity contribution in [1.82, 2.24) is 25.1 Å². The van der Waals surface area contributed by atoms with Gasteiger partial charge in [-0.2, -0.15) is 4.68 Å². The van der Waals surface area contributed by atoms with Crippen LogP contribution in [-0.2, 0) is 4.79 Å². The number of thioether (sulfide) groups is 1. The first-order valence-corrected chi connectivity index (χ1v) is 10.4. The Morgan fingerprint density at radius 3 is 2.41 bits per heavy atom. The number of ether oxygens (including phenoxy) is 1. The minimum atomic E-state index is 0.104. The van der Waals surface area contributed by atoms with Gasteiger partial charge in [0.25, 0.3) is 0 Å². The fourth-order valence-electron chi connectivity index (χ4n) is 3.22. The van der Waals surface area contributed by atoms with Gasteiger partial charge in [0.2, 0.25) is 11.1 Å². The van der Waals surface area contributed by atoms with Crippen LogP contribution in [0.15, 0.2) is 59.8 Å². The first-order chi connectivity index (χ1) is 14.2. The van der Waals surface area contributed by atoms with Crippen LogP contribution in [0.4, 0.5) is 5.69 Å². The Hall–Kier alpha value is -3.07. The molecule has 4 rings (SSSR count). The Balaban J connectivity index is 1.30. The van der Waals surface area contributed by atoms with Gasteiger partial charge in [0.15, 0.2) is 0 Å². The van der Waals surface area contributed by atoms with Crippen LogP contribution in [0.5, 0.6) is 5.75 Å². The topological polar surface area (TPSA) is 76.4 Å². The van der Waals surface area contributed by atoms with Gasteiger partial charge < -0.3 is 14.5 Å². The summed E-state index contributed by atoms with van der Waals surface area (Å²) in [5.41, 5.74) is 2.02. The van der Waals surface area contributed by atoms with Crippen molar-refractivity contribution in [2.75, 3.05) is 43.9 Å². The van der Waals surface area contributed by atoms with Crippen molar-refractivity contribution in [1.29, 1.82) is 0 Å². The minimum absolute atomic E-state index is 0.104. The third-order valence-electron chi connectivity index (χ3n) is 4.84. The summed E-state index contributed by atoms with van der Waals surface area (Å²) in [6.07, 6.45) is 0. The largest absolute Gasteiger partial charge is 0.497 e. The Morgan fingerprint density at radius 2 is 1.72 bits per heavy atom. The minimum Gasteiger partial charge on any atom is -0.497 e. The number of piperazine rings is 1. The highest BCUT2D eigenvalue weighted by molar-refractivity contribution is 7.99. The first kappa shape index (κ1) is 19.3. The molecule has 1 saturated heterocycles. The van der Waals surface area contributed by atoms with Gasteiger partial charge in [0.1, 0.15) is 5.75 Å². The highest BCUT2D eigenvalue weighted by atomic mass is 32.2. The van der Waals surface area contributed by atoms with Gasteiger partial charge in [-0.15, -0.1) is 5.10 Å². The molecule has 1 fully saturated rings. The normalized spacial score (nSPS) is 14.1. The molecule has 0 aliphatic carbocycles. The fraction of sp³-hybridized carbons (Fsp3) is 0.300. The van der Waals surface area contributed by atoms with Crippen molar-refractivity contribution in [3.63, 3.8) is 0 Å². The zero-order valence-electron chi connectivity index (χ0n) is 16.1.